The van der Waals surface area contributed by atoms with E-state index in [0.717, 1.165) is 10.2 Å². The Hall–Kier alpha value is -1.10. The number of rotatable bonds is 4. The summed E-state index contributed by atoms with van der Waals surface area (Å²) >= 11 is 9.44. The van der Waals surface area contributed by atoms with Crippen LogP contribution >= 0.6 is 27.5 Å². The van der Waals surface area contributed by atoms with Crippen LogP contribution in [0.5, 0.6) is 11.6 Å². The number of ether oxygens (including phenoxy) is 1. The summed E-state index contributed by atoms with van der Waals surface area (Å²) in [6.07, 6.45) is 0. The first-order valence-corrected chi connectivity index (χ1v) is 6.59. The fourth-order valence-electron chi connectivity index (χ4n) is 1.46. The largest absolute Gasteiger partial charge is 0.437 e. The molecule has 0 bridgehead atoms. The predicted octanol–water partition coefficient (Wildman–Crippen LogP) is 4.01. The van der Waals surface area contributed by atoms with Gasteiger partial charge in [0, 0.05) is 17.1 Å². The minimum atomic E-state index is 0.530. The van der Waals surface area contributed by atoms with Crippen LogP contribution in [0.4, 0.5) is 0 Å². The van der Waals surface area contributed by atoms with Crippen LogP contribution in [0.15, 0.2) is 40.9 Å². The second-order valence-corrected chi connectivity index (χ2v) is 5.00. The van der Waals surface area contributed by atoms with E-state index in [-0.39, 0.29) is 0 Å². The third kappa shape index (κ3) is 3.45. The van der Waals surface area contributed by atoms with Crippen molar-refractivity contribution in [2.24, 2.45) is 0 Å². The second-order valence-electron chi connectivity index (χ2n) is 3.67. The van der Waals surface area contributed by atoms with Crippen molar-refractivity contribution in [3.05, 3.63) is 51.6 Å². The first-order chi connectivity index (χ1) is 8.69. The molecular weight excluding hydrogens is 316 g/mol. The number of nitrogens with one attached hydrogen (secondary N) is 1. The van der Waals surface area contributed by atoms with Crippen molar-refractivity contribution >= 4 is 27.5 Å². The molecule has 3 nitrogen and oxygen atoms in total. The van der Waals surface area contributed by atoms with Crippen molar-refractivity contribution in [3.63, 3.8) is 0 Å². The lowest BCUT2D eigenvalue weighted by atomic mass is 10.3. The van der Waals surface area contributed by atoms with Crippen LogP contribution in [0.2, 0.25) is 5.02 Å². The van der Waals surface area contributed by atoms with Gasteiger partial charge < -0.3 is 10.1 Å². The lowest BCUT2D eigenvalue weighted by molar-refractivity contribution is 0.460. The summed E-state index contributed by atoms with van der Waals surface area (Å²) < 4.78 is 6.59. The third-order valence-corrected chi connectivity index (χ3v) is 3.05. The van der Waals surface area contributed by atoms with E-state index in [4.69, 9.17) is 16.3 Å². The highest BCUT2D eigenvalue weighted by Gasteiger charge is 2.05. The van der Waals surface area contributed by atoms with Crippen LogP contribution in [-0.4, -0.2) is 12.0 Å². The molecule has 1 aromatic carbocycles. The molecule has 0 radical (unpaired) electrons. The van der Waals surface area contributed by atoms with Crippen LogP contribution < -0.4 is 10.1 Å². The molecule has 0 aliphatic rings. The fraction of sp³-hybridized carbons (Fsp3) is 0.154. The highest BCUT2D eigenvalue weighted by Crippen LogP contribution is 2.31. The van der Waals surface area contributed by atoms with Crippen molar-refractivity contribution in [2.75, 3.05) is 7.05 Å². The van der Waals surface area contributed by atoms with E-state index in [2.05, 4.69) is 26.2 Å². The molecule has 1 heterocycles. The Kier molecular flexibility index (Phi) is 4.58. The van der Waals surface area contributed by atoms with Gasteiger partial charge in [-0.1, -0.05) is 33.6 Å². The number of halogens is 2. The molecule has 0 saturated carbocycles. The van der Waals surface area contributed by atoms with E-state index in [1.165, 1.54) is 0 Å². The minimum Gasteiger partial charge on any atom is -0.437 e. The van der Waals surface area contributed by atoms with Gasteiger partial charge in [-0.3, -0.25) is 0 Å². The molecule has 94 valence electrons. The van der Waals surface area contributed by atoms with Crippen LogP contribution in [-0.2, 0) is 6.54 Å². The van der Waals surface area contributed by atoms with E-state index in [1.807, 2.05) is 31.3 Å². The maximum atomic E-state index is 6.06. The molecule has 0 fully saturated rings. The summed E-state index contributed by atoms with van der Waals surface area (Å²) in [7, 11) is 1.88. The topological polar surface area (TPSA) is 34.1 Å². The quantitative estimate of drug-likeness (QED) is 0.921. The number of hydrogen-bond donors (Lipinski definition) is 1. The van der Waals surface area contributed by atoms with Gasteiger partial charge in [-0.15, -0.1) is 0 Å². The zero-order chi connectivity index (χ0) is 13.0. The average Bonchev–Trinajstić information content (AvgIpc) is 2.35. The van der Waals surface area contributed by atoms with Crippen LogP contribution in [0.1, 0.15) is 5.69 Å². The molecule has 2 aromatic rings. The molecule has 0 saturated heterocycles. The zero-order valence-corrected chi connectivity index (χ0v) is 12.1. The van der Waals surface area contributed by atoms with Crippen molar-refractivity contribution in [2.45, 2.75) is 6.54 Å². The molecule has 18 heavy (non-hydrogen) atoms. The van der Waals surface area contributed by atoms with E-state index in [1.54, 1.807) is 12.1 Å². The monoisotopic (exact) mass is 326 g/mol. The number of aromatic nitrogens is 1. The number of benzene rings is 1. The maximum Gasteiger partial charge on any atom is 0.219 e. The van der Waals surface area contributed by atoms with Gasteiger partial charge in [0.15, 0.2) is 0 Å². The first kappa shape index (κ1) is 13.3. The summed E-state index contributed by atoms with van der Waals surface area (Å²) in [5, 5.41) is 3.60. The van der Waals surface area contributed by atoms with E-state index >= 15 is 0 Å². The van der Waals surface area contributed by atoms with Gasteiger partial charge in [0.2, 0.25) is 5.88 Å². The fourth-order valence-corrected chi connectivity index (χ4v) is 1.96. The van der Waals surface area contributed by atoms with Crippen LogP contribution in [0.3, 0.4) is 0 Å². The van der Waals surface area contributed by atoms with Gasteiger partial charge in [-0.25, -0.2) is 4.98 Å². The van der Waals surface area contributed by atoms with Crippen molar-refractivity contribution < 1.29 is 4.74 Å². The van der Waals surface area contributed by atoms with Gasteiger partial charge in [-0.2, -0.15) is 0 Å². The number of nitrogens with zero attached hydrogens (tertiary/aromatic N) is 1. The van der Waals surface area contributed by atoms with Crippen molar-refractivity contribution in [3.8, 4) is 11.6 Å². The second kappa shape index (κ2) is 6.18. The lowest BCUT2D eigenvalue weighted by Gasteiger charge is -2.08. The van der Waals surface area contributed by atoms with Gasteiger partial charge >= 0.3 is 0 Å². The van der Waals surface area contributed by atoms with Gasteiger partial charge in [0.1, 0.15) is 5.75 Å². The van der Waals surface area contributed by atoms with Crippen LogP contribution in [0, 0.1) is 0 Å². The van der Waals surface area contributed by atoms with Crippen LogP contribution in [0.25, 0.3) is 0 Å². The van der Waals surface area contributed by atoms with Gasteiger partial charge in [0.05, 0.1) is 10.7 Å². The molecule has 0 aliphatic carbocycles. The number of hydrogen-bond acceptors (Lipinski definition) is 3. The van der Waals surface area contributed by atoms with Crippen molar-refractivity contribution in [1.82, 2.24) is 10.3 Å². The minimum absolute atomic E-state index is 0.530. The summed E-state index contributed by atoms with van der Waals surface area (Å²) in [4.78, 5) is 4.37. The van der Waals surface area contributed by atoms with E-state index in [9.17, 15) is 0 Å². The first-order valence-electron chi connectivity index (χ1n) is 5.42. The standard InChI is InChI=1S/C13H12BrClN2O/c1-16-8-10-3-2-4-13(17-10)18-12-7-9(14)5-6-11(12)15/h2-7,16H,8H2,1H3. The summed E-state index contributed by atoms with van der Waals surface area (Å²) in [5.41, 5.74) is 0.918. The summed E-state index contributed by atoms with van der Waals surface area (Å²) in [6, 6.07) is 11.1. The molecule has 0 amide bonds. The van der Waals surface area contributed by atoms with E-state index in [0.29, 0.717) is 23.2 Å². The summed E-state index contributed by atoms with van der Waals surface area (Å²) in [6.45, 7) is 0.698. The molecule has 0 spiro atoms. The molecule has 0 atom stereocenters. The zero-order valence-electron chi connectivity index (χ0n) is 9.78. The Bertz CT molecular complexity index is 548. The molecular formula is C13H12BrClN2O. The molecule has 0 unspecified atom stereocenters. The normalized spacial score (nSPS) is 10.4. The molecule has 0 aliphatic heterocycles. The lowest BCUT2D eigenvalue weighted by Crippen LogP contribution is -2.06. The predicted molar refractivity (Wildman–Crippen MR) is 76.2 cm³/mol. The Morgan fingerprint density at radius 3 is 2.94 bits per heavy atom. The SMILES string of the molecule is CNCc1cccc(Oc2cc(Br)ccc2Cl)n1. The van der Waals surface area contributed by atoms with E-state index < -0.39 is 0 Å². The molecule has 1 aromatic heterocycles. The van der Waals surface area contributed by atoms with Gasteiger partial charge in [0.25, 0.3) is 0 Å². The Labute approximate surface area is 119 Å². The number of pyridine rings is 1. The van der Waals surface area contributed by atoms with Crippen molar-refractivity contribution in [1.29, 1.82) is 0 Å². The molecule has 2 rings (SSSR count). The Balaban J connectivity index is 2.22. The highest BCUT2D eigenvalue weighted by molar-refractivity contribution is 9.10. The third-order valence-electron chi connectivity index (χ3n) is 2.25. The highest BCUT2D eigenvalue weighted by atomic mass is 79.9. The smallest absolute Gasteiger partial charge is 0.219 e. The average molecular weight is 328 g/mol. The molecule has 5 heteroatoms. The summed E-state index contributed by atoms with van der Waals surface area (Å²) in [5.74, 6) is 1.11. The Morgan fingerprint density at radius 2 is 2.17 bits per heavy atom. The van der Waals surface area contributed by atoms with Gasteiger partial charge in [-0.05, 0) is 31.3 Å². The Morgan fingerprint density at radius 1 is 1.33 bits per heavy atom. The molecule has 1 N–H and O–H groups in total. The maximum absolute atomic E-state index is 6.06.